The van der Waals surface area contributed by atoms with E-state index in [1.165, 1.54) is 23.9 Å². The Hall–Kier alpha value is -2.70. The molecular formula is C29H36N4O2. The maximum Gasteiger partial charge on any atom is 0.220 e. The molecule has 35 heavy (non-hydrogen) atoms. The summed E-state index contributed by atoms with van der Waals surface area (Å²) < 4.78 is 8.48. The predicted octanol–water partition coefficient (Wildman–Crippen LogP) is 4.80. The number of carbonyl (C=O) groups excluding carboxylic acids is 1. The highest BCUT2D eigenvalue weighted by Crippen LogP contribution is 2.38. The van der Waals surface area contributed by atoms with Gasteiger partial charge in [-0.25, -0.2) is 4.98 Å². The summed E-state index contributed by atoms with van der Waals surface area (Å²) in [5, 5.41) is 3.36. The fourth-order valence-corrected chi connectivity index (χ4v) is 6.29. The molecule has 6 heteroatoms. The number of morpholine rings is 1. The van der Waals surface area contributed by atoms with E-state index in [1.54, 1.807) is 0 Å². The van der Waals surface area contributed by atoms with Gasteiger partial charge in [0, 0.05) is 31.1 Å². The Morgan fingerprint density at radius 1 is 1.03 bits per heavy atom. The molecule has 184 valence electrons. The zero-order chi connectivity index (χ0) is 23.8. The van der Waals surface area contributed by atoms with Crippen molar-refractivity contribution in [1.82, 2.24) is 19.8 Å². The van der Waals surface area contributed by atoms with Crippen molar-refractivity contribution < 1.29 is 9.53 Å². The number of hydrogen-bond acceptors (Lipinski definition) is 4. The van der Waals surface area contributed by atoms with Gasteiger partial charge < -0.3 is 14.6 Å². The highest BCUT2D eigenvalue weighted by molar-refractivity contribution is 5.77. The fourth-order valence-electron chi connectivity index (χ4n) is 6.29. The van der Waals surface area contributed by atoms with E-state index in [-0.39, 0.29) is 11.9 Å². The number of hydrogen-bond donors (Lipinski definition) is 1. The van der Waals surface area contributed by atoms with E-state index >= 15 is 0 Å². The summed E-state index contributed by atoms with van der Waals surface area (Å²) in [7, 11) is 0. The SMILES string of the molecule is Cc1nc2ccccc2n1C1CC2COCC(C1)N2CC[C@H](NC(=O)CC1CC1)c1ccccc1. The van der Waals surface area contributed by atoms with Crippen LogP contribution >= 0.6 is 0 Å². The summed E-state index contributed by atoms with van der Waals surface area (Å²) in [5.74, 6) is 1.90. The Morgan fingerprint density at radius 3 is 2.49 bits per heavy atom. The summed E-state index contributed by atoms with van der Waals surface area (Å²) >= 11 is 0. The molecular weight excluding hydrogens is 436 g/mol. The third-order valence-electron chi connectivity index (χ3n) is 8.17. The number of piperidine rings is 1. The maximum absolute atomic E-state index is 12.7. The summed E-state index contributed by atoms with van der Waals surface area (Å²) in [6, 6.07) is 20.2. The average Bonchev–Trinajstić information content (AvgIpc) is 3.60. The smallest absolute Gasteiger partial charge is 0.220 e. The van der Waals surface area contributed by atoms with E-state index in [0.717, 1.165) is 50.4 Å². The van der Waals surface area contributed by atoms with E-state index in [4.69, 9.17) is 9.72 Å². The Balaban J connectivity index is 1.16. The molecule has 1 aliphatic carbocycles. The van der Waals surface area contributed by atoms with Crippen LogP contribution in [0.4, 0.5) is 0 Å². The quantitative estimate of drug-likeness (QED) is 0.512. The second kappa shape index (κ2) is 9.75. The number of ether oxygens (including phenoxy) is 1. The van der Waals surface area contributed by atoms with Crippen LogP contribution in [0.5, 0.6) is 0 Å². The number of aromatic nitrogens is 2. The molecule has 1 amide bonds. The Labute approximate surface area is 207 Å². The molecule has 3 atom stereocenters. The van der Waals surface area contributed by atoms with Crippen molar-refractivity contribution in [2.24, 2.45) is 5.92 Å². The molecule has 3 aromatic rings. The number of amides is 1. The Kier molecular flexibility index (Phi) is 6.33. The van der Waals surface area contributed by atoms with E-state index in [2.05, 4.69) is 70.2 Å². The van der Waals surface area contributed by atoms with Gasteiger partial charge >= 0.3 is 0 Å². The van der Waals surface area contributed by atoms with Gasteiger partial charge in [0.2, 0.25) is 5.91 Å². The molecule has 6 nitrogen and oxygen atoms in total. The fraction of sp³-hybridized carbons (Fsp3) is 0.517. The summed E-state index contributed by atoms with van der Waals surface area (Å²) in [6.07, 6.45) is 6.14. The van der Waals surface area contributed by atoms with Crippen molar-refractivity contribution in [2.75, 3.05) is 19.8 Å². The minimum absolute atomic E-state index is 0.0571. The van der Waals surface area contributed by atoms with Crippen LogP contribution in [0.2, 0.25) is 0 Å². The number of nitrogens with one attached hydrogen (secondary N) is 1. The topological polar surface area (TPSA) is 59.4 Å². The molecule has 2 aliphatic heterocycles. The van der Waals surface area contributed by atoms with Crippen molar-refractivity contribution in [2.45, 2.75) is 69.6 Å². The van der Waals surface area contributed by atoms with Crippen LogP contribution in [0.3, 0.4) is 0 Å². The molecule has 1 saturated carbocycles. The molecule has 3 aliphatic rings. The lowest BCUT2D eigenvalue weighted by Crippen LogP contribution is -2.57. The number of rotatable bonds is 8. The van der Waals surface area contributed by atoms with Gasteiger partial charge in [-0.2, -0.15) is 0 Å². The van der Waals surface area contributed by atoms with Gasteiger partial charge in [-0.3, -0.25) is 9.69 Å². The molecule has 3 fully saturated rings. The largest absolute Gasteiger partial charge is 0.378 e. The normalized spacial score (nSPS) is 25.5. The van der Waals surface area contributed by atoms with Crippen LogP contribution < -0.4 is 5.32 Å². The number of fused-ring (bicyclic) bond motifs is 3. The van der Waals surface area contributed by atoms with Gasteiger partial charge in [0.1, 0.15) is 5.82 Å². The maximum atomic E-state index is 12.7. The van der Waals surface area contributed by atoms with Gasteiger partial charge in [0.05, 0.1) is 30.3 Å². The van der Waals surface area contributed by atoms with Crippen LogP contribution in [0.1, 0.15) is 62.0 Å². The number of nitrogens with zero attached hydrogens (tertiary/aromatic N) is 3. The molecule has 2 bridgehead atoms. The van der Waals surface area contributed by atoms with Gasteiger partial charge in [0.25, 0.3) is 0 Å². The van der Waals surface area contributed by atoms with Gasteiger partial charge in [-0.15, -0.1) is 0 Å². The third kappa shape index (κ3) is 4.87. The molecule has 1 aromatic heterocycles. The lowest BCUT2D eigenvalue weighted by atomic mass is 9.89. The molecule has 2 saturated heterocycles. The van der Waals surface area contributed by atoms with Crippen LogP contribution in [0.15, 0.2) is 54.6 Å². The Morgan fingerprint density at radius 2 is 1.74 bits per heavy atom. The first kappa shape index (κ1) is 22.7. The average molecular weight is 473 g/mol. The highest BCUT2D eigenvalue weighted by Gasteiger charge is 2.40. The van der Waals surface area contributed by atoms with Crippen LogP contribution in [-0.4, -0.2) is 52.2 Å². The number of carbonyl (C=O) groups is 1. The molecule has 1 N–H and O–H groups in total. The lowest BCUT2D eigenvalue weighted by molar-refractivity contribution is -0.122. The van der Waals surface area contributed by atoms with E-state index < -0.39 is 0 Å². The molecule has 0 spiro atoms. The van der Waals surface area contributed by atoms with Crippen molar-refractivity contribution in [3.8, 4) is 0 Å². The Bertz CT molecular complexity index is 1160. The zero-order valence-electron chi connectivity index (χ0n) is 20.6. The van der Waals surface area contributed by atoms with Gasteiger partial charge in [-0.1, -0.05) is 42.5 Å². The van der Waals surface area contributed by atoms with Crippen molar-refractivity contribution >= 4 is 16.9 Å². The second-order valence-corrected chi connectivity index (χ2v) is 10.7. The number of imidazole rings is 1. The second-order valence-electron chi connectivity index (χ2n) is 10.7. The van der Waals surface area contributed by atoms with Crippen molar-refractivity contribution in [3.05, 3.63) is 66.0 Å². The third-order valence-corrected chi connectivity index (χ3v) is 8.17. The molecule has 6 rings (SSSR count). The molecule has 0 radical (unpaired) electrons. The van der Waals surface area contributed by atoms with E-state index in [0.29, 0.717) is 30.5 Å². The van der Waals surface area contributed by atoms with Crippen LogP contribution in [-0.2, 0) is 9.53 Å². The van der Waals surface area contributed by atoms with Crippen LogP contribution in [0, 0.1) is 12.8 Å². The van der Waals surface area contributed by atoms with E-state index in [1.807, 2.05) is 6.07 Å². The minimum Gasteiger partial charge on any atom is -0.378 e. The summed E-state index contributed by atoms with van der Waals surface area (Å²) in [5.41, 5.74) is 3.53. The standard InChI is InChI=1S/C29H36N4O2/c1-20-30-27-9-5-6-10-28(27)33(20)23-16-24-18-35-19-25(17-23)32(24)14-13-26(22-7-3-2-4-8-22)31-29(34)15-21-11-12-21/h2-10,21,23-26H,11-19H2,1H3,(H,31,34)/t23?,24?,25?,26-/m0/s1. The van der Waals surface area contributed by atoms with Crippen molar-refractivity contribution in [1.29, 1.82) is 0 Å². The first-order chi connectivity index (χ1) is 17.2. The monoisotopic (exact) mass is 472 g/mol. The van der Waals surface area contributed by atoms with E-state index in [9.17, 15) is 4.79 Å². The first-order valence-electron chi connectivity index (χ1n) is 13.3. The molecule has 2 aromatic carbocycles. The number of benzene rings is 2. The number of para-hydroxylation sites is 2. The lowest BCUT2D eigenvalue weighted by Gasteiger charge is -2.49. The van der Waals surface area contributed by atoms with Crippen molar-refractivity contribution in [3.63, 3.8) is 0 Å². The number of aryl methyl sites for hydroxylation is 1. The predicted molar refractivity (Wildman–Crippen MR) is 137 cm³/mol. The molecule has 3 heterocycles. The summed E-state index contributed by atoms with van der Waals surface area (Å²) in [4.78, 5) is 20.2. The zero-order valence-corrected chi connectivity index (χ0v) is 20.6. The first-order valence-corrected chi connectivity index (χ1v) is 13.3. The molecule has 2 unspecified atom stereocenters. The minimum atomic E-state index is 0.0571. The highest BCUT2D eigenvalue weighted by atomic mass is 16.5. The van der Waals surface area contributed by atoms with Gasteiger partial charge in [0.15, 0.2) is 0 Å². The van der Waals surface area contributed by atoms with Gasteiger partial charge in [-0.05, 0) is 62.6 Å². The van der Waals surface area contributed by atoms with Crippen LogP contribution in [0.25, 0.3) is 11.0 Å². The summed E-state index contributed by atoms with van der Waals surface area (Å²) in [6.45, 7) is 4.66.